The van der Waals surface area contributed by atoms with Gasteiger partial charge in [0.05, 0.1) is 0 Å². The number of benzene rings is 1. The zero-order chi connectivity index (χ0) is 14.0. The van der Waals surface area contributed by atoms with Crippen LogP contribution in [0.2, 0.25) is 0 Å². The highest BCUT2D eigenvalue weighted by Gasteiger charge is 2.26. The Labute approximate surface area is 122 Å². The Hall–Kier alpha value is -0.930. The average molecular weight is 276 g/mol. The Bertz CT molecular complexity index is 480. The molecule has 1 aromatic carbocycles. The van der Waals surface area contributed by atoms with E-state index in [1.165, 1.54) is 37.1 Å². The van der Waals surface area contributed by atoms with Crippen molar-refractivity contribution >= 4 is 17.2 Å². The molecule has 19 heavy (non-hydrogen) atoms. The van der Waals surface area contributed by atoms with Gasteiger partial charge in [-0.05, 0) is 48.9 Å². The summed E-state index contributed by atoms with van der Waals surface area (Å²) in [7, 11) is 0. The van der Waals surface area contributed by atoms with Crippen molar-refractivity contribution < 1.29 is 0 Å². The number of nitrogens with zero attached hydrogens (tertiary/aromatic N) is 1. The number of likely N-dealkylation sites (tertiary alicyclic amines) is 1. The van der Waals surface area contributed by atoms with E-state index >= 15 is 0 Å². The Morgan fingerprint density at radius 1 is 1.42 bits per heavy atom. The molecule has 1 aliphatic heterocycles. The molecule has 0 aromatic heterocycles. The summed E-state index contributed by atoms with van der Waals surface area (Å²) in [6.45, 7) is 10.3. The Balaban J connectivity index is 2.09. The molecule has 0 unspecified atom stereocenters. The lowest BCUT2D eigenvalue weighted by atomic mass is 9.84. The molecular weight excluding hydrogens is 252 g/mol. The molecule has 0 spiro atoms. The third-order valence-corrected chi connectivity index (χ3v) is 4.24. The van der Waals surface area contributed by atoms with Crippen LogP contribution < -0.4 is 5.73 Å². The SMILES string of the molecule is Cc1cc(C(N)=S)ccc1CN1CCCC(C)(C)C1. The van der Waals surface area contributed by atoms with E-state index in [2.05, 4.69) is 37.8 Å². The molecule has 104 valence electrons. The van der Waals surface area contributed by atoms with Crippen LogP contribution in [0.4, 0.5) is 0 Å². The van der Waals surface area contributed by atoms with Gasteiger partial charge in [-0.1, -0.05) is 38.2 Å². The molecule has 2 N–H and O–H groups in total. The van der Waals surface area contributed by atoms with Gasteiger partial charge in [0.1, 0.15) is 4.99 Å². The fourth-order valence-corrected chi connectivity index (χ4v) is 3.07. The number of rotatable bonds is 3. The Morgan fingerprint density at radius 3 is 2.74 bits per heavy atom. The predicted molar refractivity (Wildman–Crippen MR) is 85.4 cm³/mol. The van der Waals surface area contributed by atoms with Crippen LogP contribution in [0.1, 0.15) is 43.4 Å². The van der Waals surface area contributed by atoms with Crippen LogP contribution in [0.25, 0.3) is 0 Å². The summed E-state index contributed by atoms with van der Waals surface area (Å²) < 4.78 is 0. The summed E-state index contributed by atoms with van der Waals surface area (Å²) in [5, 5.41) is 0. The average Bonchev–Trinajstić information content (AvgIpc) is 2.30. The molecule has 0 radical (unpaired) electrons. The number of hydrogen-bond donors (Lipinski definition) is 1. The highest BCUT2D eigenvalue weighted by molar-refractivity contribution is 7.80. The van der Waals surface area contributed by atoms with Crippen molar-refractivity contribution in [2.75, 3.05) is 13.1 Å². The Kier molecular flexibility index (Phi) is 4.26. The lowest BCUT2D eigenvalue weighted by Gasteiger charge is -2.38. The summed E-state index contributed by atoms with van der Waals surface area (Å²) in [6.07, 6.45) is 2.64. The van der Waals surface area contributed by atoms with E-state index in [-0.39, 0.29) is 0 Å². The second-order valence-electron chi connectivity index (χ2n) is 6.48. The van der Waals surface area contributed by atoms with Gasteiger partial charge in [0.25, 0.3) is 0 Å². The van der Waals surface area contributed by atoms with Crippen LogP contribution in [-0.4, -0.2) is 23.0 Å². The highest BCUT2D eigenvalue weighted by atomic mass is 32.1. The predicted octanol–water partition coefficient (Wildman–Crippen LogP) is 3.25. The summed E-state index contributed by atoms with van der Waals surface area (Å²) in [5.41, 5.74) is 9.76. The smallest absolute Gasteiger partial charge is 0.103 e. The molecule has 0 saturated carbocycles. The summed E-state index contributed by atoms with van der Waals surface area (Å²) >= 11 is 5.02. The van der Waals surface area contributed by atoms with Crippen molar-refractivity contribution in [2.24, 2.45) is 11.1 Å². The third-order valence-electron chi connectivity index (χ3n) is 4.00. The highest BCUT2D eigenvalue weighted by Crippen LogP contribution is 2.29. The van der Waals surface area contributed by atoms with Gasteiger partial charge in [-0.3, -0.25) is 4.90 Å². The molecule has 2 rings (SSSR count). The maximum atomic E-state index is 5.67. The first-order valence-corrected chi connectivity index (χ1v) is 7.40. The van der Waals surface area contributed by atoms with E-state index in [1.807, 2.05) is 6.07 Å². The molecule has 0 atom stereocenters. The molecule has 0 amide bonds. The second-order valence-corrected chi connectivity index (χ2v) is 6.92. The summed E-state index contributed by atoms with van der Waals surface area (Å²) in [6, 6.07) is 6.32. The van der Waals surface area contributed by atoms with E-state index in [1.54, 1.807) is 0 Å². The second kappa shape index (κ2) is 5.59. The maximum absolute atomic E-state index is 5.67. The van der Waals surface area contributed by atoms with Crippen molar-refractivity contribution in [3.63, 3.8) is 0 Å². The van der Waals surface area contributed by atoms with Gasteiger partial charge >= 0.3 is 0 Å². The van der Waals surface area contributed by atoms with Crippen molar-refractivity contribution in [3.05, 3.63) is 34.9 Å². The van der Waals surface area contributed by atoms with E-state index in [4.69, 9.17) is 18.0 Å². The lowest BCUT2D eigenvalue weighted by molar-refractivity contribution is 0.111. The van der Waals surface area contributed by atoms with Crippen LogP contribution >= 0.6 is 12.2 Å². The van der Waals surface area contributed by atoms with Gasteiger partial charge in [-0.2, -0.15) is 0 Å². The molecule has 1 aliphatic rings. The zero-order valence-electron chi connectivity index (χ0n) is 12.2. The maximum Gasteiger partial charge on any atom is 0.103 e. The number of aryl methyl sites for hydroxylation is 1. The molecule has 1 fully saturated rings. The van der Waals surface area contributed by atoms with Crippen LogP contribution in [0.5, 0.6) is 0 Å². The van der Waals surface area contributed by atoms with Crippen LogP contribution in [0.15, 0.2) is 18.2 Å². The number of nitrogens with two attached hydrogens (primary N) is 1. The molecule has 1 aromatic rings. The van der Waals surface area contributed by atoms with Gasteiger partial charge in [0.2, 0.25) is 0 Å². The van der Waals surface area contributed by atoms with Gasteiger partial charge in [-0.15, -0.1) is 0 Å². The fourth-order valence-electron chi connectivity index (χ4n) is 2.95. The summed E-state index contributed by atoms with van der Waals surface area (Å²) in [4.78, 5) is 3.04. The minimum absolute atomic E-state index is 0.449. The van der Waals surface area contributed by atoms with Gasteiger partial charge < -0.3 is 5.73 Å². The van der Waals surface area contributed by atoms with E-state index in [0.717, 1.165) is 12.1 Å². The minimum atomic E-state index is 0.449. The first-order valence-electron chi connectivity index (χ1n) is 6.99. The van der Waals surface area contributed by atoms with Crippen molar-refractivity contribution in [3.8, 4) is 0 Å². The van der Waals surface area contributed by atoms with Crippen molar-refractivity contribution in [1.29, 1.82) is 0 Å². The molecule has 0 aliphatic carbocycles. The van der Waals surface area contributed by atoms with Gasteiger partial charge in [0, 0.05) is 18.7 Å². The lowest BCUT2D eigenvalue weighted by Crippen LogP contribution is -2.39. The largest absolute Gasteiger partial charge is 0.389 e. The zero-order valence-corrected chi connectivity index (χ0v) is 13.0. The van der Waals surface area contributed by atoms with Crippen molar-refractivity contribution in [2.45, 2.75) is 40.2 Å². The van der Waals surface area contributed by atoms with Crippen molar-refractivity contribution in [1.82, 2.24) is 4.90 Å². The normalized spacial score (nSPS) is 19.3. The van der Waals surface area contributed by atoms with Crippen LogP contribution in [-0.2, 0) is 6.54 Å². The topological polar surface area (TPSA) is 29.3 Å². The molecular formula is C16H24N2S. The fraction of sp³-hybridized carbons (Fsp3) is 0.562. The molecule has 2 nitrogen and oxygen atoms in total. The standard InChI is InChI=1S/C16H24N2S/c1-12-9-13(15(17)19)5-6-14(12)10-18-8-4-7-16(2,3)11-18/h5-6,9H,4,7-8,10-11H2,1-3H3,(H2,17,19). The molecule has 3 heteroatoms. The first-order chi connectivity index (χ1) is 8.87. The minimum Gasteiger partial charge on any atom is -0.389 e. The molecule has 1 saturated heterocycles. The summed E-state index contributed by atoms with van der Waals surface area (Å²) in [5.74, 6) is 0. The van der Waals surface area contributed by atoms with Crippen LogP contribution in [0, 0.1) is 12.3 Å². The number of thiocarbonyl (C=S) groups is 1. The van der Waals surface area contributed by atoms with Crippen LogP contribution in [0.3, 0.4) is 0 Å². The first kappa shape index (κ1) is 14.5. The number of hydrogen-bond acceptors (Lipinski definition) is 2. The van der Waals surface area contributed by atoms with E-state index in [0.29, 0.717) is 10.4 Å². The quantitative estimate of drug-likeness (QED) is 0.859. The Morgan fingerprint density at radius 2 is 2.16 bits per heavy atom. The van der Waals surface area contributed by atoms with Gasteiger partial charge in [-0.25, -0.2) is 0 Å². The van der Waals surface area contributed by atoms with E-state index in [9.17, 15) is 0 Å². The molecule has 0 bridgehead atoms. The monoisotopic (exact) mass is 276 g/mol. The third kappa shape index (κ3) is 3.77. The molecule has 1 heterocycles. The van der Waals surface area contributed by atoms with Gasteiger partial charge in [0.15, 0.2) is 0 Å². The number of piperidine rings is 1. The van der Waals surface area contributed by atoms with E-state index < -0.39 is 0 Å².